The summed E-state index contributed by atoms with van der Waals surface area (Å²) in [5.41, 5.74) is 0.951. The number of likely N-dealkylation sites (N-methyl/N-ethyl adjacent to an activating group) is 1. The Bertz CT molecular complexity index is 590. The molecule has 0 aliphatic carbocycles. The number of rotatable bonds is 9. The SMILES string of the molecule is CCN(CCO)CCCC(C)Nc1snc2cc(Cl)ccc12. The van der Waals surface area contributed by atoms with Crippen LogP contribution >= 0.6 is 23.1 Å². The van der Waals surface area contributed by atoms with Crippen molar-refractivity contribution < 1.29 is 5.11 Å². The van der Waals surface area contributed by atoms with E-state index in [0.717, 1.165) is 53.4 Å². The Morgan fingerprint density at radius 2 is 2.23 bits per heavy atom. The number of aliphatic hydroxyl groups is 1. The lowest BCUT2D eigenvalue weighted by Crippen LogP contribution is -2.28. The average molecular weight is 342 g/mol. The Kier molecular flexibility index (Phi) is 6.89. The van der Waals surface area contributed by atoms with Gasteiger partial charge in [-0.1, -0.05) is 18.5 Å². The molecule has 0 amide bonds. The van der Waals surface area contributed by atoms with Crippen LogP contribution in [-0.4, -0.2) is 46.7 Å². The molecule has 1 aromatic carbocycles. The summed E-state index contributed by atoms with van der Waals surface area (Å²) in [5, 5.41) is 15.5. The number of hydrogen-bond donors (Lipinski definition) is 2. The first-order valence-corrected chi connectivity index (χ1v) is 8.93. The maximum atomic E-state index is 9.00. The van der Waals surface area contributed by atoms with Gasteiger partial charge in [-0.05, 0) is 62.6 Å². The fourth-order valence-electron chi connectivity index (χ4n) is 2.51. The van der Waals surface area contributed by atoms with Gasteiger partial charge in [0, 0.05) is 23.0 Å². The highest BCUT2D eigenvalue weighted by molar-refractivity contribution is 7.11. The lowest BCUT2D eigenvalue weighted by Gasteiger charge is -2.20. The molecule has 22 heavy (non-hydrogen) atoms. The molecule has 4 nitrogen and oxygen atoms in total. The third-order valence-electron chi connectivity index (χ3n) is 3.79. The van der Waals surface area contributed by atoms with Crippen molar-refractivity contribution in [2.45, 2.75) is 32.7 Å². The van der Waals surface area contributed by atoms with Crippen LogP contribution in [0.5, 0.6) is 0 Å². The largest absolute Gasteiger partial charge is 0.395 e. The van der Waals surface area contributed by atoms with E-state index in [1.165, 1.54) is 11.5 Å². The van der Waals surface area contributed by atoms with Crippen molar-refractivity contribution in [3.05, 3.63) is 23.2 Å². The number of halogens is 1. The number of hydrogen-bond acceptors (Lipinski definition) is 5. The van der Waals surface area contributed by atoms with Gasteiger partial charge in [0.05, 0.1) is 12.1 Å². The molecule has 0 fully saturated rings. The highest BCUT2D eigenvalue weighted by atomic mass is 35.5. The van der Waals surface area contributed by atoms with E-state index in [1.54, 1.807) is 0 Å². The predicted molar refractivity (Wildman–Crippen MR) is 96.1 cm³/mol. The lowest BCUT2D eigenvalue weighted by atomic mass is 10.1. The molecule has 122 valence electrons. The molecular weight excluding hydrogens is 318 g/mol. The Labute approximate surface area is 141 Å². The monoisotopic (exact) mass is 341 g/mol. The van der Waals surface area contributed by atoms with Gasteiger partial charge in [-0.2, -0.15) is 4.37 Å². The molecule has 0 aliphatic rings. The van der Waals surface area contributed by atoms with Crippen LogP contribution in [0.1, 0.15) is 26.7 Å². The summed E-state index contributed by atoms with van der Waals surface area (Å²) in [6.07, 6.45) is 2.21. The van der Waals surface area contributed by atoms with E-state index in [2.05, 4.69) is 28.4 Å². The van der Waals surface area contributed by atoms with Crippen LogP contribution < -0.4 is 5.32 Å². The van der Waals surface area contributed by atoms with E-state index in [0.29, 0.717) is 6.04 Å². The van der Waals surface area contributed by atoms with Crippen LogP contribution in [0.25, 0.3) is 10.9 Å². The van der Waals surface area contributed by atoms with Crippen LogP contribution in [0.2, 0.25) is 5.02 Å². The molecule has 0 radical (unpaired) electrons. The normalized spacial score (nSPS) is 13.0. The molecule has 0 spiro atoms. The first kappa shape index (κ1) is 17.5. The molecule has 1 unspecified atom stereocenters. The number of nitrogens with one attached hydrogen (secondary N) is 1. The van der Waals surface area contributed by atoms with Gasteiger partial charge in [0.25, 0.3) is 0 Å². The minimum atomic E-state index is 0.233. The molecule has 2 rings (SSSR count). The van der Waals surface area contributed by atoms with Crippen molar-refractivity contribution >= 4 is 39.0 Å². The third kappa shape index (κ3) is 4.81. The van der Waals surface area contributed by atoms with Crippen molar-refractivity contribution in [2.75, 3.05) is 31.6 Å². The van der Waals surface area contributed by atoms with Crippen LogP contribution in [-0.2, 0) is 0 Å². The Morgan fingerprint density at radius 3 is 2.95 bits per heavy atom. The molecule has 1 aromatic heterocycles. The van der Waals surface area contributed by atoms with Gasteiger partial charge in [0.1, 0.15) is 5.00 Å². The smallest absolute Gasteiger partial charge is 0.117 e. The fraction of sp³-hybridized carbons (Fsp3) is 0.562. The number of fused-ring (bicyclic) bond motifs is 1. The molecular formula is C16H24ClN3OS. The zero-order valence-corrected chi connectivity index (χ0v) is 14.8. The molecule has 0 bridgehead atoms. The van der Waals surface area contributed by atoms with Crippen molar-refractivity contribution in [2.24, 2.45) is 0 Å². The van der Waals surface area contributed by atoms with Gasteiger partial charge in [-0.25, -0.2) is 0 Å². The second-order valence-corrected chi connectivity index (χ2v) is 6.73. The number of aromatic nitrogens is 1. The van der Waals surface area contributed by atoms with Crippen molar-refractivity contribution in [3.8, 4) is 0 Å². The highest BCUT2D eigenvalue weighted by Gasteiger charge is 2.10. The van der Waals surface area contributed by atoms with Crippen LogP contribution in [0.3, 0.4) is 0 Å². The molecule has 2 N–H and O–H groups in total. The van der Waals surface area contributed by atoms with Gasteiger partial charge < -0.3 is 15.3 Å². The minimum absolute atomic E-state index is 0.233. The summed E-state index contributed by atoms with van der Waals surface area (Å²) in [6, 6.07) is 6.22. The highest BCUT2D eigenvalue weighted by Crippen LogP contribution is 2.30. The number of anilines is 1. The third-order valence-corrected chi connectivity index (χ3v) is 4.84. The topological polar surface area (TPSA) is 48.4 Å². The van der Waals surface area contributed by atoms with E-state index in [1.807, 2.05) is 18.2 Å². The van der Waals surface area contributed by atoms with Crippen LogP contribution in [0, 0.1) is 0 Å². The first-order chi connectivity index (χ1) is 10.6. The maximum Gasteiger partial charge on any atom is 0.117 e. The molecule has 1 heterocycles. The van der Waals surface area contributed by atoms with E-state index >= 15 is 0 Å². The van der Waals surface area contributed by atoms with Crippen LogP contribution in [0.15, 0.2) is 18.2 Å². The number of nitrogens with zero attached hydrogens (tertiary/aromatic N) is 2. The van der Waals surface area contributed by atoms with Crippen molar-refractivity contribution in [1.29, 1.82) is 0 Å². The van der Waals surface area contributed by atoms with Crippen molar-refractivity contribution in [1.82, 2.24) is 9.27 Å². The zero-order valence-electron chi connectivity index (χ0n) is 13.2. The molecule has 0 saturated carbocycles. The Morgan fingerprint density at radius 1 is 1.41 bits per heavy atom. The van der Waals surface area contributed by atoms with E-state index < -0.39 is 0 Å². The molecule has 0 saturated heterocycles. The fourth-order valence-corrected chi connectivity index (χ4v) is 3.54. The van der Waals surface area contributed by atoms with E-state index in [4.69, 9.17) is 16.7 Å². The summed E-state index contributed by atoms with van der Waals surface area (Å²) in [7, 11) is 0. The summed E-state index contributed by atoms with van der Waals surface area (Å²) in [5.74, 6) is 0. The average Bonchev–Trinajstić information content (AvgIpc) is 2.88. The zero-order chi connectivity index (χ0) is 15.9. The predicted octanol–water partition coefficient (Wildman–Crippen LogP) is 3.84. The molecule has 1 atom stereocenters. The molecule has 2 aromatic rings. The van der Waals surface area contributed by atoms with Gasteiger partial charge in [0.15, 0.2) is 0 Å². The van der Waals surface area contributed by atoms with Crippen LogP contribution in [0.4, 0.5) is 5.00 Å². The minimum Gasteiger partial charge on any atom is -0.395 e. The second-order valence-electron chi connectivity index (χ2n) is 5.52. The maximum absolute atomic E-state index is 9.00. The second kappa shape index (κ2) is 8.67. The summed E-state index contributed by atoms with van der Waals surface area (Å²) < 4.78 is 4.44. The summed E-state index contributed by atoms with van der Waals surface area (Å²) in [6.45, 7) is 7.34. The number of benzene rings is 1. The van der Waals surface area contributed by atoms with Gasteiger partial charge in [0.2, 0.25) is 0 Å². The number of aliphatic hydroxyl groups excluding tert-OH is 1. The quantitative estimate of drug-likeness (QED) is 0.727. The van der Waals surface area contributed by atoms with Gasteiger partial charge >= 0.3 is 0 Å². The first-order valence-electron chi connectivity index (χ1n) is 7.78. The van der Waals surface area contributed by atoms with E-state index in [9.17, 15) is 0 Å². The molecule has 6 heteroatoms. The Hall–Kier alpha value is -0.880. The molecule has 0 aliphatic heterocycles. The van der Waals surface area contributed by atoms with Gasteiger partial charge in [-0.15, -0.1) is 0 Å². The summed E-state index contributed by atoms with van der Waals surface area (Å²) >= 11 is 7.48. The summed E-state index contributed by atoms with van der Waals surface area (Å²) in [4.78, 5) is 2.27. The van der Waals surface area contributed by atoms with Crippen molar-refractivity contribution in [3.63, 3.8) is 0 Å². The van der Waals surface area contributed by atoms with E-state index in [-0.39, 0.29) is 6.61 Å². The lowest BCUT2D eigenvalue weighted by molar-refractivity contribution is 0.199. The Balaban J connectivity index is 1.84. The standard InChI is InChI=1S/C16H24ClN3OS/c1-3-20(9-10-21)8-4-5-12(2)18-16-14-7-6-13(17)11-15(14)19-22-16/h6-7,11-12,18,21H,3-5,8-10H2,1-2H3. The van der Waals surface area contributed by atoms with Gasteiger partial charge in [-0.3, -0.25) is 0 Å².